The fourth-order valence-electron chi connectivity index (χ4n) is 1.53. The topological polar surface area (TPSA) is 80.5 Å². The molecule has 0 saturated carbocycles. The zero-order valence-electron chi connectivity index (χ0n) is 11.8. The highest BCUT2D eigenvalue weighted by Gasteiger charge is 2.11. The molecule has 1 aromatic rings. The van der Waals surface area contributed by atoms with Gasteiger partial charge in [-0.15, -0.1) is 0 Å². The van der Waals surface area contributed by atoms with Crippen molar-refractivity contribution in [2.75, 3.05) is 33.9 Å². The van der Waals surface area contributed by atoms with E-state index in [9.17, 15) is 4.79 Å². The van der Waals surface area contributed by atoms with Crippen LogP contribution in [-0.4, -0.2) is 54.8 Å². The number of carbonyl (C=O) groups is 1. The number of rotatable bonds is 9. The lowest BCUT2D eigenvalue weighted by atomic mass is 10.4. The molecule has 7 heteroatoms. The summed E-state index contributed by atoms with van der Waals surface area (Å²) >= 11 is 0. The first-order chi connectivity index (χ1) is 9.15. The summed E-state index contributed by atoms with van der Waals surface area (Å²) in [5, 5.41) is 6.63. The molecule has 0 fully saturated rings. The summed E-state index contributed by atoms with van der Waals surface area (Å²) in [5.74, 6) is 1.20. The van der Waals surface area contributed by atoms with E-state index in [1.165, 1.54) is 0 Å². The van der Waals surface area contributed by atoms with Crippen LogP contribution in [0.2, 0.25) is 0 Å². The van der Waals surface area contributed by atoms with Crippen LogP contribution in [0.1, 0.15) is 25.1 Å². The number of nitrogens with zero attached hydrogens (tertiary/aromatic N) is 3. The number of nitrogens with one attached hydrogen (secondary N) is 1. The van der Waals surface area contributed by atoms with E-state index >= 15 is 0 Å². The van der Waals surface area contributed by atoms with Crippen LogP contribution in [0.4, 0.5) is 0 Å². The third kappa shape index (κ3) is 6.30. The van der Waals surface area contributed by atoms with Crippen molar-refractivity contribution in [3.8, 4) is 0 Å². The van der Waals surface area contributed by atoms with Crippen LogP contribution >= 0.6 is 0 Å². The third-order valence-corrected chi connectivity index (χ3v) is 2.49. The number of hydrogen-bond donors (Lipinski definition) is 1. The Bertz CT molecular complexity index is 381. The largest absolute Gasteiger partial charge is 0.385 e. The van der Waals surface area contributed by atoms with E-state index in [1.807, 2.05) is 18.9 Å². The number of ether oxygens (including phenoxy) is 1. The van der Waals surface area contributed by atoms with E-state index in [0.29, 0.717) is 38.0 Å². The molecule has 0 spiro atoms. The van der Waals surface area contributed by atoms with E-state index in [4.69, 9.17) is 9.26 Å². The van der Waals surface area contributed by atoms with E-state index < -0.39 is 0 Å². The fourth-order valence-corrected chi connectivity index (χ4v) is 1.53. The molecule has 108 valence electrons. The standard InChI is InChI=1S/C12H22N4O3/c1-4-10-14-12(19-15-10)9-16(2)8-11(17)13-6-5-7-18-3/h4-9H2,1-3H3,(H,13,17). The average Bonchev–Trinajstić information content (AvgIpc) is 2.82. The molecule has 0 radical (unpaired) electrons. The molecule has 1 amide bonds. The van der Waals surface area contributed by atoms with Gasteiger partial charge in [-0.3, -0.25) is 9.69 Å². The van der Waals surface area contributed by atoms with Crippen LogP contribution in [0.25, 0.3) is 0 Å². The van der Waals surface area contributed by atoms with Crippen LogP contribution in [0, 0.1) is 0 Å². The molecular weight excluding hydrogens is 248 g/mol. The zero-order valence-corrected chi connectivity index (χ0v) is 11.8. The van der Waals surface area contributed by atoms with Crippen LogP contribution in [0.5, 0.6) is 0 Å². The summed E-state index contributed by atoms with van der Waals surface area (Å²) < 4.78 is 9.98. The molecule has 0 aromatic carbocycles. The van der Waals surface area contributed by atoms with Crippen molar-refractivity contribution in [1.82, 2.24) is 20.4 Å². The predicted octanol–water partition coefficient (Wildman–Crippen LogP) is 0.217. The van der Waals surface area contributed by atoms with Gasteiger partial charge in [-0.1, -0.05) is 12.1 Å². The van der Waals surface area contributed by atoms with Crippen molar-refractivity contribution in [3.63, 3.8) is 0 Å². The van der Waals surface area contributed by atoms with Gasteiger partial charge in [-0.2, -0.15) is 4.98 Å². The summed E-state index contributed by atoms with van der Waals surface area (Å²) in [5.41, 5.74) is 0. The molecule has 0 atom stereocenters. The molecule has 0 aliphatic rings. The molecule has 1 aromatic heterocycles. The van der Waals surface area contributed by atoms with Gasteiger partial charge in [0.15, 0.2) is 5.82 Å². The van der Waals surface area contributed by atoms with Crippen molar-refractivity contribution in [2.45, 2.75) is 26.3 Å². The Hall–Kier alpha value is -1.47. The van der Waals surface area contributed by atoms with Crippen molar-refractivity contribution in [1.29, 1.82) is 0 Å². The van der Waals surface area contributed by atoms with Gasteiger partial charge < -0.3 is 14.6 Å². The quantitative estimate of drug-likeness (QED) is 0.646. The summed E-state index contributed by atoms with van der Waals surface area (Å²) in [6.45, 7) is 4.01. The van der Waals surface area contributed by atoms with Gasteiger partial charge in [0, 0.05) is 26.7 Å². The molecule has 1 N–H and O–H groups in total. The summed E-state index contributed by atoms with van der Waals surface area (Å²) in [7, 11) is 3.48. The number of methoxy groups -OCH3 is 1. The van der Waals surface area contributed by atoms with Gasteiger partial charge in [0.25, 0.3) is 0 Å². The van der Waals surface area contributed by atoms with Gasteiger partial charge in [0.05, 0.1) is 13.1 Å². The van der Waals surface area contributed by atoms with Gasteiger partial charge >= 0.3 is 0 Å². The Labute approximate surface area is 113 Å². The smallest absolute Gasteiger partial charge is 0.240 e. The minimum absolute atomic E-state index is 0.0196. The Morgan fingerprint density at radius 2 is 2.32 bits per heavy atom. The second-order valence-electron chi connectivity index (χ2n) is 4.33. The highest BCUT2D eigenvalue weighted by molar-refractivity contribution is 5.77. The van der Waals surface area contributed by atoms with Crippen LogP contribution in [-0.2, 0) is 22.5 Å². The molecule has 1 rings (SSSR count). The van der Waals surface area contributed by atoms with Crippen LogP contribution < -0.4 is 5.32 Å². The maximum atomic E-state index is 11.6. The minimum atomic E-state index is -0.0196. The van der Waals surface area contributed by atoms with Gasteiger partial charge in [0.1, 0.15) is 0 Å². The Balaban J connectivity index is 2.22. The second-order valence-corrected chi connectivity index (χ2v) is 4.33. The molecule has 0 aliphatic carbocycles. The number of amides is 1. The van der Waals surface area contributed by atoms with Crippen molar-refractivity contribution < 1.29 is 14.1 Å². The first kappa shape index (κ1) is 15.6. The number of hydrogen-bond acceptors (Lipinski definition) is 6. The number of aromatic nitrogens is 2. The third-order valence-electron chi connectivity index (χ3n) is 2.49. The zero-order chi connectivity index (χ0) is 14.1. The lowest BCUT2D eigenvalue weighted by Crippen LogP contribution is -2.35. The monoisotopic (exact) mass is 270 g/mol. The van der Waals surface area contributed by atoms with Gasteiger partial charge in [-0.05, 0) is 13.5 Å². The molecular formula is C12H22N4O3. The average molecular weight is 270 g/mol. The van der Waals surface area contributed by atoms with E-state index in [2.05, 4.69) is 15.5 Å². The molecule has 0 unspecified atom stereocenters. The number of aryl methyl sites for hydroxylation is 1. The highest BCUT2D eigenvalue weighted by atomic mass is 16.5. The van der Waals surface area contributed by atoms with E-state index in [0.717, 1.165) is 12.8 Å². The first-order valence-corrected chi connectivity index (χ1v) is 6.41. The fraction of sp³-hybridized carbons (Fsp3) is 0.750. The van der Waals surface area contributed by atoms with Gasteiger partial charge in [0.2, 0.25) is 11.8 Å². The minimum Gasteiger partial charge on any atom is -0.385 e. The Morgan fingerprint density at radius 3 is 2.95 bits per heavy atom. The predicted molar refractivity (Wildman–Crippen MR) is 69.5 cm³/mol. The molecule has 7 nitrogen and oxygen atoms in total. The molecule has 0 saturated heterocycles. The molecule has 0 bridgehead atoms. The maximum Gasteiger partial charge on any atom is 0.240 e. The molecule has 0 aliphatic heterocycles. The summed E-state index contributed by atoms with van der Waals surface area (Å²) in [6.07, 6.45) is 1.56. The van der Waals surface area contributed by atoms with Crippen molar-refractivity contribution in [2.24, 2.45) is 0 Å². The van der Waals surface area contributed by atoms with Crippen molar-refractivity contribution in [3.05, 3.63) is 11.7 Å². The Kier molecular flexibility index (Phi) is 7.06. The lowest BCUT2D eigenvalue weighted by molar-refractivity contribution is -0.122. The van der Waals surface area contributed by atoms with Crippen molar-refractivity contribution >= 4 is 5.91 Å². The Morgan fingerprint density at radius 1 is 1.53 bits per heavy atom. The van der Waals surface area contributed by atoms with E-state index in [1.54, 1.807) is 7.11 Å². The summed E-state index contributed by atoms with van der Waals surface area (Å²) in [4.78, 5) is 17.6. The highest BCUT2D eigenvalue weighted by Crippen LogP contribution is 2.01. The second kappa shape index (κ2) is 8.60. The maximum absolute atomic E-state index is 11.6. The summed E-state index contributed by atoms with van der Waals surface area (Å²) in [6, 6.07) is 0. The van der Waals surface area contributed by atoms with E-state index in [-0.39, 0.29) is 5.91 Å². The molecule has 1 heterocycles. The number of carbonyl (C=O) groups excluding carboxylic acids is 1. The van der Waals surface area contributed by atoms with Gasteiger partial charge in [-0.25, -0.2) is 0 Å². The van der Waals surface area contributed by atoms with Crippen LogP contribution in [0.3, 0.4) is 0 Å². The van der Waals surface area contributed by atoms with Crippen LogP contribution in [0.15, 0.2) is 4.52 Å². The number of likely N-dealkylation sites (N-methyl/N-ethyl adjacent to an activating group) is 1. The normalized spacial score (nSPS) is 10.9. The lowest BCUT2D eigenvalue weighted by Gasteiger charge is -2.13. The first-order valence-electron chi connectivity index (χ1n) is 6.41. The molecule has 19 heavy (non-hydrogen) atoms. The SMILES string of the molecule is CCc1noc(CN(C)CC(=O)NCCCOC)n1.